The molecule has 0 aliphatic rings. The normalized spacial score (nSPS) is 8.70. The molecule has 55 valence electrons. The van der Waals surface area contributed by atoms with Gasteiger partial charge in [0.05, 0.1) is 0 Å². The van der Waals surface area contributed by atoms with Gasteiger partial charge in [-0.15, -0.1) is 0 Å². The van der Waals surface area contributed by atoms with E-state index in [2.05, 4.69) is 39.0 Å². The number of benzene rings is 1. The Balaban J connectivity index is 0.000000810. The fraction of sp³-hybridized carbons (Fsp3) is 0.333. The monoisotopic (exact) mass is 331 g/mol. The predicted molar refractivity (Wildman–Crippen MR) is 49.4 cm³/mol. The predicted octanol–water partition coefficient (Wildman–Crippen LogP) is 1.23. The molecule has 1 aromatic carbocycles. The van der Waals surface area contributed by atoms with Crippen LogP contribution in [0.25, 0.3) is 0 Å². The van der Waals surface area contributed by atoms with Crippen molar-refractivity contribution in [1.82, 2.24) is 0 Å². The summed E-state index contributed by atoms with van der Waals surface area (Å²) >= 11 is 0. The summed E-state index contributed by atoms with van der Waals surface area (Å²) in [5, 5.41) is 0. The summed E-state index contributed by atoms with van der Waals surface area (Å²) in [6.07, 6.45) is 0. The Bertz CT molecular complexity index is 165. The average Bonchev–Trinajstić information content (AvgIpc) is 1.59. The minimum absolute atomic E-state index is 0. The Labute approximate surface area is 81.8 Å². The first kappa shape index (κ1) is 10.1. The van der Waals surface area contributed by atoms with Crippen molar-refractivity contribution in [3.8, 4) is 0 Å². The topological polar surface area (TPSA) is 0 Å². The molecule has 0 bridgehead atoms. The van der Waals surface area contributed by atoms with Crippen molar-refractivity contribution in [3.63, 3.8) is 0 Å². The van der Waals surface area contributed by atoms with Crippen molar-refractivity contribution < 1.29 is 0 Å². The zero-order chi connectivity index (χ0) is 6.85. The van der Waals surface area contributed by atoms with E-state index in [0.717, 1.165) is 0 Å². The first-order chi connectivity index (χ1) is 4.18. The molecule has 0 saturated heterocycles. The van der Waals surface area contributed by atoms with Crippen LogP contribution in [0.4, 0.5) is 0 Å². The van der Waals surface area contributed by atoms with Crippen LogP contribution in [-0.2, 0) is 0 Å². The summed E-state index contributed by atoms with van der Waals surface area (Å²) < 4.78 is 0. The molecule has 1 rings (SSSR count). The van der Waals surface area contributed by atoms with E-state index in [-0.39, 0.29) is 26.2 Å². The van der Waals surface area contributed by atoms with Gasteiger partial charge in [0.25, 0.3) is 0 Å². The van der Waals surface area contributed by atoms with Crippen molar-refractivity contribution in [2.45, 2.75) is 20.8 Å². The molecule has 0 nitrogen and oxygen atoms in total. The summed E-state index contributed by atoms with van der Waals surface area (Å²) in [5.74, 6) is 0. The zero-order valence-electron chi connectivity index (χ0n) is 6.86. The Hall–Kier alpha value is 0.103. The van der Waals surface area contributed by atoms with Gasteiger partial charge in [0.15, 0.2) is 0 Å². The standard InChI is InChI=1S/C9H11.Bi.3H/c1-7-4-8(2)6-9(3)5-7;;;;/h4-5H,1-3H3;;;;. The third-order valence-electron chi connectivity index (χ3n) is 1.28. The number of aryl methyl sites for hydroxylation is 3. The summed E-state index contributed by atoms with van der Waals surface area (Å²) in [6.45, 7) is 6.24. The molecule has 0 unspecified atom stereocenters. The van der Waals surface area contributed by atoms with Crippen LogP contribution in [0.1, 0.15) is 16.7 Å². The van der Waals surface area contributed by atoms with E-state index in [1.165, 1.54) is 16.7 Å². The molecule has 10 heavy (non-hydrogen) atoms. The molecule has 0 amide bonds. The Morgan fingerprint density at radius 2 is 1.40 bits per heavy atom. The van der Waals surface area contributed by atoms with Gasteiger partial charge in [-0.1, -0.05) is 17.7 Å². The van der Waals surface area contributed by atoms with E-state index < -0.39 is 0 Å². The van der Waals surface area contributed by atoms with Crippen molar-refractivity contribution >= 4 is 26.2 Å². The Morgan fingerprint density at radius 1 is 1.00 bits per heavy atom. The number of rotatable bonds is 0. The molecule has 0 spiro atoms. The molecule has 0 saturated carbocycles. The van der Waals surface area contributed by atoms with Gasteiger partial charge in [-0.25, -0.2) is 0 Å². The van der Waals surface area contributed by atoms with Crippen molar-refractivity contribution in [3.05, 3.63) is 34.9 Å². The molecular weight excluding hydrogens is 317 g/mol. The van der Waals surface area contributed by atoms with Crippen LogP contribution >= 0.6 is 0 Å². The fourth-order valence-corrected chi connectivity index (χ4v) is 1.11. The van der Waals surface area contributed by atoms with E-state index in [1.807, 2.05) is 0 Å². The first-order valence-electron chi connectivity index (χ1n) is 3.15. The van der Waals surface area contributed by atoms with Crippen molar-refractivity contribution in [2.24, 2.45) is 0 Å². The number of hydrogen-bond acceptors (Lipinski definition) is 0. The Kier molecular flexibility index (Phi) is 4.12. The SMILES string of the molecule is Cc1[c]c(C)cc(C)c1.[BiH3]. The average molecular weight is 331 g/mol. The molecule has 0 atom stereocenters. The van der Waals surface area contributed by atoms with E-state index in [1.54, 1.807) is 0 Å². The molecule has 0 aromatic heterocycles. The van der Waals surface area contributed by atoms with Gasteiger partial charge in [0, 0.05) is 0 Å². The summed E-state index contributed by atoms with van der Waals surface area (Å²) in [7, 11) is 0. The molecule has 0 aliphatic heterocycles. The molecule has 0 heterocycles. The van der Waals surface area contributed by atoms with Crippen LogP contribution in [0.5, 0.6) is 0 Å². The second-order valence-electron chi connectivity index (χ2n) is 2.52. The molecule has 1 aromatic rings. The Morgan fingerprint density at radius 3 is 1.70 bits per heavy atom. The van der Waals surface area contributed by atoms with Gasteiger partial charge in [-0.2, -0.15) is 0 Å². The maximum absolute atomic E-state index is 3.21. The summed E-state index contributed by atoms with van der Waals surface area (Å²) in [4.78, 5) is 0. The first-order valence-corrected chi connectivity index (χ1v) is 3.15. The van der Waals surface area contributed by atoms with Crippen LogP contribution < -0.4 is 0 Å². The van der Waals surface area contributed by atoms with Crippen molar-refractivity contribution in [2.75, 3.05) is 0 Å². The molecule has 1 radical (unpaired) electrons. The van der Waals surface area contributed by atoms with E-state index in [0.29, 0.717) is 0 Å². The maximum atomic E-state index is 3.21. The second-order valence-corrected chi connectivity index (χ2v) is 2.52. The van der Waals surface area contributed by atoms with E-state index in [9.17, 15) is 0 Å². The second kappa shape index (κ2) is 4.08. The quantitative estimate of drug-likeness (QED) is 0.628. The van der Waals surface area contributed by atoms with Gasteiger partial charge < -0.3 is 0 Å². The van der Waals surface area contributed by atoms with Crippen LogP contribution in [0.15, 0.2) is 12.1 Å². The van der Waals surface area contributed by atoms with Crippen LogP contribution in [0.3, 0.4) is 0 Å². The van der Waals surface area contributed by atoms with E-state index >= 15 is 0 Å². The minimum atomic E-state index is 0. The van der Waals surface area contributed by atoms with Gasteiger partial charge in [-0.3, -0.25) is 0 Å². The molecule has 1 heteroatoms. The fourth-order valence-electron chi connectivity index (χ4n) is 1.11. The van der Waals surface area contributed by atoms with Gasteiger partial charge in [-0.05, 0) is 38.0 Å². The summed E-state index contributed by atoms with van der Waals surface area (Å²) in [5.41, 5.74) is 3.78. The molecule has 0 aliphatic carbocycles. The third kappa shape index (κ3) is 2.79. The van der Waals surface area contributed by atoms with Crippen molar-refractivity contribution in [1.29, 1.82) is 0 Å². The van der Waals surface area contributed by atoms with Gasteiger partial charge in [0.1, 0.15) is 0 Å². The number of hydrogen-bond donors (Lipinski definition) is 0. The van der Waals surface area contributed by atoms with Gasteiger partial charge >= 0.3 is 26.2 Å². The zero-order valence-corrected chi connectivity index (χ0v) is 12.4. The van der Waals surface area contributed by atoms with Crippen LogP contribution in [0, 0.1) is 26.8 Å². The molecule has 0 N–H and O–H groups in total. The van der Waals surface area contributed by atoms with Crippen LogP contribution in [-0.4, -0.2) is 26.2 Å². The van der Waals surface area contributed by atoms with E-state index in [4.69, 9.17) is 0 Å². The molecule has 0 fully saturated rings. The molecular formula is C9H14Bi. The van der Waals surface area contributed by atoms with Gasteiger partial charge in [0.2, 0.25) is 0 Å². The third-order valence-corrected chi connectivity index (χ3v) is 1.28. The van der Waals surface area contributed by atoms with Crippen LogP contribution in [0.2, 0.25) is 0 Å². The summed E-state index contributed by atoms with van der Waals surface area (Å²) in [6, 6.07) is 7.47.